The molecular weight excluding hydrogens is 414 g/mol. The average molecular weight is 448 g/mol. The van der Waals surface area contributed by atoms with E-state index in [1.807, 2.05) is 6.21 Å². The van der Waals surface area contributed by atoms with E-state index in [2.05, 4.69) is 54.2 Å². The third-order valence-electron chi connectivity index (χ3n) is 6.97. The average Bonchev–Trinajstić information content (AvgIpc) is 3.37. The van der Waals surface area contributed by atoms with E-state index in [4.69, 9.17) is 4.99 Å². The molecule has 0 unspecified atom stereocenters. The summed E-state index contributed by atoms with van der Waals surface area (Å²) in [6, 6.07) is 9.19. The Morgan fingerprint density at radius 2 is 1.91 bits per heavy atom. The second-order valence-corrected chi connectivity index (χ2v) is 10.6. The molecule has 0 bridgehead atoms. The molecule has 2 aromatic heterocycles. The predicted octanol–water partition coefficient (Wildman–Crippen LogP) is 6.98. The van der Waals surface area contributed by atoms with Gasteiger partial charge in [-0.25, -0.2) is 4.99 Å². The Kier molecular flexibility index (Phi) is 6.18. The molecule has 0 atom stereocenters. The number of fused-ring (bicyclic) bond motifs is 2. The van der Waals surface area contributed by atoms with Crippen molar-refractivity contribution in [2.45, 2.75) is 83.7 Å². The minimum absolute atomic E-state index is 0.0908. The minimum atomic E-state index is 0.0908. The van der Waals surface area contributed by atoms with Crippen LogP contribution in [0.25, 0.3) is 10.9 Å². The predicted molar refractivity (Wildman–Crippen MR) is 135 cm³/mol. The quantitative estimate of drug-likeness (QED) is 0.422. The maximum absolute atomic E-state index is 13.4. The maximum atomic E-state index is 13.4. The van der Waals surface area contributed by atoms with Crippen molar-refractivity contribution in [3.63, 3.8) is 0 Å². The van der Waals surface area contributed by atoms with Crippen LogP contribution in [0.15, 0.2) is 35.5 Å². The van der Waals surface area contributed by atoms with Gasteiger partial charge in [-0.05, 0) is 64.0 Å². The Hall–Kier alpha value is -2.40. The van der Waals surface area contributed by atoms with E-state index in [-0.39, 0.29) is 5.91 Å². The Balaban J connectivity index is 1.50. The number of nitrogens with zero attached hydrogens (tertiary/aromatic N) is 2. The highest BCUT2D eigenvalue weighted by atomic mass is 32.1. The van der Waals surface area contributed by atoms with Crippen LogP contribution < -0.4 is 5.32 Å². The van der Waals surface area contributed by atoms with Crippen LogP contribution in [0.4, 0.5) is 5.00 Å². The largest absolute Gasteiger partial charge is 0.349 e. The van der Waals surface area contributed by atoms with Crippen LogP contribution in [0, 0.1) is 0 Å². The van der Waals surface area contributed by atoms with Gasteiger partial charge in [0.2, 0.25) is 0 Å². The number of thiophene rings is 1. The third kappa shape index (κ3) is 4.15. The third-order valence-corrected chi connectivity index (χ3v) is 8.17. The Morgan fingerprint density at radius 3 is 2.72 bits per heavy atom. The fourth-order valence-corrected chi connectivity index (χ4v) is 6.50. The molecule has 2 aliphatic carbocycles. The molecule has 1 fully saturated rings. The van der Waals surface area contributed by atoms with E-state index in [0.717, 1.165) is 41.8 Å². The summed E-state index contributed by atoms with van der Waals surface area (Å²) in [7, 11) is 0. The molecule has 1 aromatic carbocycles. The van der Waals surface area contributed by atoms with Gasteiger partial charge in [-0.1, -0.05) is 37.5 Å². The summed E-state index contributed by atoms with van der Waals surface area (Å²) in [6.07, 6.45) is 14.5. The fourth-order valence-electron chi connectivity index (χ4n) is 5.27. The van der Waals surface area contributed by atoms with Crippen LogP contribution in [0.5, 0.6) is 0 Å². The van der Waals surface area contributed by atoms with E-state index >= 15 is 0 Å². The first kappa shape index (κ1) is 21.4. The molecule has 1 N–H and O–H groups in total. The fraction of sp³-hybridized carbons (Fsp3) is 0.481. The molecule has 2 heterocycles. The van der Waals surface area contributed by atoms with Gasteiger partial charge in [0, 0.05) is 45.8 Å². The van der Waals surface area contributed by atoms with Crippen molar-refractivity contribution in [1.29, 1.82) is 0 Å². The summed E-state index contributed by atoms with van der Waals surface area (Å²) in [5, 5.41) is 5.44. The van der Waals surface area contributed by atoms with Gasteiger partial charge in [-0.2, -0.15) is 0 Å². The highest BCUT2D eigenvalue weighted by molar-refractivity contribution is 7.16. The monoisotopic (exact) mass is 447 g/mol. The summed E-state index contributed by atoms with van der Waals surface area (Å²) < 4.78 is 2.30. The second-order valence-electron chi connectivity index (χ2n) is 9.56. The zero-order valence-corrected chi connectivity index (χ0v) is 20.0. The summed E-state index contributed by atoms with van der Waals surface area (Å²) in [4.78, 5) is 19.7. The minimum Gasteiger partial charge on any atom is -0.349 e. The maximum Gasteiger partial charge on any atom is 0.254 e. The van der Waals surface area contributed by atoms with E-state index in [1.165, 1.54) is 53.4 Å². The lowest BCUT2D eigenvalue weighted by Gasteiger charge is -2.23. The molecule has 1 saturated carbocycles. The van der Waals surface area contributed by atoms with Crippen LogP contribution in [0.3, 0.4) is 0 Å². The smallest absolute Gasteiger partial charge is 0.254 e. The molecule has 5 rings (SSSR count). The highest BCUT2D eigenvalue weighted by Crippen LogP contribution is 2.40. The van der Waals surface area contributed by atoms with Gasteiger partial charge in [-0.15, -0.1) is 11.3 Å². The number of amides is 1. The molecule has 0 radical (unpaired) electrons. The van der Waals surface area contributed by atoms with Crippen molar-refractivity contribution in [2.75, 3.05) is 0 Å². The number of rotatable bonds is 5. The molecule has 5 heteroatoms. The molecule has 0 saturated heterocycles. The molecule has 0 spiro atoms. The number of para-hydroxylation sites is 1. The first-order valence-electron chi connectivity index (χ1n) is 12.2. The summed E-state index contributed by atoms with van der Waals surface area (Å²) in [5.74, 6) is 0.0908. The Morgan fingerprint density at radius 1 is 1.12 bits per heavy atom. The number of nitrogens with one attached hydrogen (secondary N) is 1. The van der Waals surface area contributed by atoms with E-state index in [1.54, 1.807) is 11.3 Å². The van der Waals surface area contributed by atoms with Crippen LogP contribution in [-0.4, -0.2) is 22.7 Å². The number of aryl methyl sites for hydroxylation is 1. The van der Waals surface area contributed by atoms with Gasteiger partial charge in [0.25, 0.3) is 5.91 Å². The van der Waals surface area contributed by atoms with Gasteiger partial charge in [-0.3, -0.25) is 4.79 Å². The summed E-state index contributed by atoms with van der Waals surface area (Å²) in [5.41, 5.74) is 4.44. The molecule has 1 amide bonds. The van der Waals surface area contributed by atoms with Crippen LogP contribution >= 0.6 is 11.3 Å². The highest BCUT2D eigenvalue weighted by Gasteiger charge is 2.27. The molecule has 2 aliphatic rings. The number of aliphatic imine (C=N–C) groups is 1. The van der Waals surface area contributed by atoms with Crippen molar-refractivity contribution >= 4 is 39.4 Å². The summed E-state index contributed by atoms with van der Waals surface area (Å²) >= 11 is 1.72. The van der Waals surface area contributed by atoms with Crippen LogP contribution in [0.1, 0.15) is 91.2 Å². The Labute approximate surface area is 194 Å². The molecule has 32 heavy (non-hydrogen) atoms. The van der Waals surface area contributed by atoms with Crippen LogP contribution in [-0.2, 0) is 12.8 Å². The lowest BCUT2D eigenvalue weighted by Crippen LogP contribution is -2.36. The SMILES string of the molecule is CC(C)n1cc(/C=N/c2sc3c(c2C(=O)NC2CCCCC2)CCCC3)c2ccccc21. The van der Waals surface area contributed by atoms with Crippen LogP contribution in [0.2, 0.25) is 0 Å². The molecule has 0 aliphatic heterocycles. The number of carbonyl (C=O) groups excluding carboxylic acids is 1. The standard InChI is InChI=1S/C27H33N3OS/c1-18(2)30-17-19(21-12-6-8-14-23(21)30)16-28-27-25(22-13-7-9-15-24(22)32-27)26(31)29-20-10-4-3-5-11-20/h6,8,12,14,16-18,20H,3-5,7,9-11,13,15H2,1-2H3,(H,29,31)/b28-16+. The summed E-state index contributed by atoms with van der Waals surface area (Å²) in [6.45, 7) is 4.41. The van der Waals surface area contributed by atoms with E-state index in [0.29, 0.717) is 12.1 Å². The first-order valence-corrected chi connectivity index (χ1v) is 13.0. The van der Waals surface area contributed by atoms with Crippen molar-refractivity contribution in [1.82, 2.24) is 9.88 Å². The van der Waals surface area contributed by atoms with Gasteiger partial charge < -0.3 is 9.88 Å². The van der Waals surface area contributed by atoms with Crippen molar-refractivity contribution in [2.24, 2.45) is 4.99 Å². The second kappa shape index (κ2) is 9.22. The number of hydrogen-bond donors (Lipinski definition) is 1. The number of aromatic nitrogens is 1. The Bertz CT molecular complexity index is 1150. The normalized spacial score (nSPS) is 17.3. The lowest BCUT2D eigenvalue weighted by atomic mass is 9.93. The zero-order valence-electron chi connectivity index (χ0n) is 19.2. The number of benzene rings is 1. The van der Waals surface area contributed by atoms with E-state index < -0.39 is 0 Å². The molecule has 4 nitrogen and oxygen atoms in total. The van der Waals surface area contributed by atoms with Crippen molar-refractivity contribution in [3.05, 3.63) is 52.0 Å². The topological polar surface area (TPSA) is 46.4 Å². The molecule has 3 aromatic rings. The van der Waals surface area contributed by atoms with Gasteiger partial charge in [0.1, 0.15) is 5.00 Å². The van der Waals surface area contributed by atoms with Crippen molar-refractivity contribution in [3.8, 4) is 0 Å². The zero-order chi connectivity index (χ0) is 22.1. The van der Waals surface area contributed by atoms with Gasteiger partial charge >= 0.3 is 0 Å². The van der Waals surface area contributed by atoms with Crippen molar-refractivity contribution < 1.29 is 4.79 Å². The lowest BCUT2D eigenvalue weighted by molar-refractivity contribution is 0.0927. The first-order chi connectivity index (χ1) is 15.6. The number of carbonyl (C=O) groups is 1. The number of hydrogen-bond acceptors (Lipinski definition) is 3. The van der Waals surface area contributed by atoms with E-state index in [9.17, 15) is 4.79 Å². The molecule has 168 valence electrons. The molecular formula is C27H33N3OS. The van der Waals surface area contributed by atoms with Gasteiger partial charge in [0.15, 0.2) is 0 Å². The van der Waals surface area contributed by atoms with Gasteiger partial charge in [0.05, 0.1) is 5.56 Å².